The Labute approximate surface area is 199 Å². The number of nitriles is 1. The fourth-order valence-corrected chi connectivity index (χ4v) is 3.83. The van der Waals surface area contributed by atoms with Gasteiger partial charge >= 0.3 is 5.97 Å². The SMILES string of the molecule is CCOc1cccc(NC(=O)/C(C#N)=C\c2cc(C)n(-c3cccc(C(=O)OC)c3C)c2C)c1. The van der Waals surface area contributed by atoms with E-state index in [0.717, 1.165) is 28.2 Å². The van der Waals surface area contributed by atoms with Gasteiger partial charge in [0.15, 0.2) is 0 Å². The van der Waals surface area contributed by atoms with Crippen LogP contribution in [0.3, 0.4) is 0 Å². The topological polar surface area (TPSA) is 93.4 Å². The second-order valence-electron chi connectivity index (χ2n) is 7.69. The second kappa shape index (κ2) is 10.5. The van der Waals surface area contributed by atoms with E-state index in [1.807, 2.05) is 50.5 Å². The first-order valence-corrected chi connectivity index (χ1v) is 10.8. The number of carbonyl (C=O) groups is 2. The highest BCUT2D eigenvalue weighted by atomic mass is 16.5. The van der Waals surface area contributed by atoms with Gasteiger partial charge < -0.3 is 19.4 Å². The molecule has 174 valence electrons. The average Bonchev–Trinajstić information content (AvgIpc) is 3.10. The lowest BCUT2D eigenvalue weighted by atomic mass is 10.1. The number of aryl methyl sites for hydroxylation is 1. The molecule has 0 aliphatic rings. The van der Waals surface area contributed by atoms with Gasteiger partial charge in [-0.1, -0.05) is 12.1 Å². The zero-order chi connectivity index (χ0) is 24.8. The third-order valence-electron chi connectivity index (χ3n) is 5.49. The molecule has 7 nitrogen and oxygen atoms in total. The number of aromatic nitrogens is 1. The van der Waals surface area contributed by atoms with Crippen LogP contribution in [-0.2, 0) is 9.53 Å². The summed E-state index contributed by atoms with van der Waals surface area (Å²) in [4.78, 5) is 24.9. The Morgan fingerprint density at radius 1 is 1.12 bits per heavy atom. The highest BCUT2D eigenvalue weighted by Crippen LogP contribution is 2.27. The third-order valence-corrected chi connectivity index (χ3v) is 5.49. The number of benzene rings is 2. The van der Waals surface area contributed by atoms with Crippen molar-refractivity contribution in [2.24, 2.45) is 0 Å². The molecule has 0 atom stereocenters. The van der Waals surface area contributed by atoms with Crippen LogP contribution in [0.2, 0.25) is 0 Å². The molecule has 0 saturated heterocycles. The Morgan fingerprint density at radius 3 is 2.53 bits per heavy atom. The largest absolute Gasteiger partial charge is 0.494 e. The molecule has 0 bridgehead atoms. The first-order chi connectivity index (χ1) is 16.3. The first kappa shape index (κ1) is 24.3. The van der Waals surface area contributed by atoms with Crippen molar-refractivity contribution in [3.8, 4) is 17.5 Å². The van der Waals surface area contributed by atoms with E-state index in [1.54, 1.807) is 42.5 Å². The van der Waals surface area contributed by atoms with E-state index in [0.29, 0.717) is 23.6 Å². The molecule has 0 aliphatic heterocycles. The number of hydrogen-bond donors (Lipinski definition) is 1. The quantitative estimate of drug-likeness (QED) is 0.301. The number of anilines is 1. The maximum atomic E-state index is 12.8. The van der Waals surface area contributed by atoms with Gasteiger partial charge in [0.2, 0.25) is 0 Å². The van der Waals surface area contributed by atoms with Gasteiger partial charge in [0, 0.05) is 28.8 Å². The zero-order valence-corrected chi connectivity index (χ0v) is 19.9. The fraction of sp³-hybridized carbons (Fsp3) is 0.222. The molecule has 2 aromatic carbocycles. The number of hydrogen-bond acceptors (Lipinski definition) is 5. The van der Waals surface area contributed by atoms with Gasteiger partial charge in [-0.3, -0.25) is 4.79 Å². The molecule has 34 heavy (non-hydrogen) atoms. The van der Waals surface area contributed by atoms with Crippen molar-refractivity contribution in [1.82, 2.24) is 4.57 Å². The first-order valence-electron chi connectivity index (χ1n) is 10.8. The van der Waals surface area contributed by atoms with Crippen molar-refractivity contribution in [3.63, 3.8) is 0 Å². The Balaban J connectivity index is 1.96. The highest BCUT2D eigenvalue weighted by Gasteiger charge is 2.18. The number of rotatable bonds is 7. The Kier molecular flexibility index (Phi) is 7.54. The van der Waals surface area contributed by atoms with Crippen LogP contribution in [0.5, 0.6) is 5.75 Å². The number of nitrogens with zero attached hydrogens (tertiary/aromatic N) is 2. The minimum atomic E-state index is -0.509. The summed E-state index contributed by atoms with van der Waals surface area (Å²) in [5, 5.41) is 12.4. The predicted molar refractivity (Wildman–Crippen MR) is 131 cm³/mol. The zero-order valence-electron chi connectivity index (χ0n) is 19.9. The lowest BCUT2D eigenvalue weighted by Gasteiger charge is -2.15. The molecule has 1 aromatic heterocycles. The molecule has 7 heteroatoms. The summed E-state index contributed by atoms with van der Waals surface area (Å²) in [6.45, 7) is 8.09. The summed E-state index contributed by atoms with van der Waals surface area (Å²) in [5.74, 6) is -0.278. The number of nitrogens with one attached hydrogen (secondary N) is 1. The summed E-state index contributed by atoms with van der Waals surface area (Å²) >= 11 is 0. The van der Waals surface area contributed by atoms with E-state index in [-0.39, 0.29) is 5.57 Å². The summed E-state index contributed by atoms with van der Waals surface area (Å²) in [7, 11) is 1.35. The van der Waals surface area contributed by atoms with Crippen molar-refractivity contribution in [2.45, 2.75) is 27.7 Å². The molecule has 3 aromatic rings. The molecule has 1 N–H and O–H groups in total. The van der Waals surface area contributed by atoms with E-state index in [1.165, 1.54) is 7.11 Å². The normalized spacial score (nSPS) is 11.0. The number of esters is 1. The molecule has 0 radical (unpaired) electrons. The fourth-order valence-electron chi connectivity index (χ4n) is 3.83. The summed E-state index contributed by atoms with van der Waals surface area (Å²) < 4.78 is 12.3. The smallest absolute Gasteiger partial charge is 0.338 e. The van der Waals surface area contributed by atoms with Crippen LogP contribution < -0.4 is 10.1 Å². The molecule has 0 spiro atoms. The van der Waals surface area contributed by atoms with Gasteiger partial charge in [-0.15, -0.1) is 0 Å². The third kappa shape index (κ3) is 5.02. The van der Waals surface area contributed by atoms with Gasteiger partial charge in [0.25, 0.3) is 5.91 Å². The van der Waals surface area contributed by atoms with Crippen molar-refractivity contribution in [1.29, 1.82) is 5.26 Å². The van der Waals surface area contributed by atoms with Crippen molar-refractivity contribution in [2.75, 3.05) is 19.0 Å². The average molecular weight is 458 g/mol. The van der Waals surface area contributed by atoms with E-state index in [9.17, 15) is 14.9 Å². The molecule has 0 fully saturated rings. The van der Waals surface area contributed by atoms with E-state index in [2.05, 4.69) is 5.32 Å². The summed E-state index contributed by atoms with van der Waals surface area (Å²) in [5.41, 5.74) is 5.07. The van der Waals surface area contributed by atoms with Crippen LogP contribution in [0.15, 0.2) is 54.1 Å². The number of ether oxygens (including phenoxy) is 2. The van der Waals surface area contributed by atoms with Crippen LogP contribution in [-0.4, -0.2) is 30.2 Å². The van der Waals surface area contributed by atoms with Gasteiger partial charge in [-0.05, 0) is 75.2 Å². The van der Waals surface area contributed by atoms with E-state index >= 15 is 0 Å². The van der Waals surface area contributed by atoms with Gasteiger partial charge in [0.05, 0.1) is 19.3 Å². The molecule has 0 unspecified atom stereocenters. The predicted octanol–water partition coefficient (Wildman–Crippen LogP) is 5.13. The maximum absolute atomic E-state index is 12.8. The molecule has 3 rings (SSSR count). The van der Waals surface area contributed by atoms with Gasteiger partial charge in [0.1, 0.15) is 17.4 Å². The molecule has 1 amide bonds. The van der Waals surface area contributed by atoms with Crippen LogP contribution in [0.25, 0.3) is 11.8 Å². The number of methoxy groups -OCH3 is 1. The number of amides is 1. The second-order valence-corrected chi connectivity index (χ2v) is 7.69. The maximum Gasteiger partial charge on any atom is 0.338 e. The van der Waals surface area contributed by atoms with E-state index in [4.69, 9.17) is 9.47 Å². The summed E-state index contributed by atoms with van der Waals surface area (Å²) in [6.07, 6.45) is 1.57. The van der Waals surface area contributed by atoms with Crippen molar-refractivity contribution in [3.05, 3.63) is 82.2 Å². The monoisotopic (exact) mass is 457 g/mol. The number of carbonyl (C=O) groups excluding carboxylic acids is 2. The molecule has 0 aliphatic carbocycles. The van der Waals surface area contributed by atoms with Crippen LogP contribution in [0.1, 0.15) is 39.8 Å². The van der Waals surface area contributed by atoms with Gasteiger partial charge in [-0.25, -0.2) is 4.79 Å². The molecule has 0 saturated carbocycles. The molecule has 1 heterocycles. The van der Waals surface area contributed by atoms with Crippen molar-refractivity contribution < 1.29 is 19.1 Å². The minimum Gasteiger partial charge on any atom is -0.494 e. The summed E-state index contributed by atoms with van der Waals surface area (Å²) in [6, 6.07) is 16.3. The van der Waals surface area contributed by atoms with E-state index < -0.39 is 11.9 Å². The Morgan fingerprint density at radius 2 is 1.85 bits per heavy atom. The Hall–Kier alpha value is -4.31. The highest BCUT2D eigenvalue weighted by molar-refractivity contribution is 6.09. The van der Waals surface area contributed by atoms with Gasteiger partial charge in [-0.2, -0.15) is 5.26 Å². The van der Waals surface area contributed by atoms with Crippen LogP contribution in [0.4, 0.5) is 5.69 Å². The Bertz CT molecular complexity index is 1310. The van der Waals surface area contributed by atoms with Crippen LogP contribution >= 0.6 is 0 Å². The minimum absolute atomic E-state index is 0.0258. The standard InChI is InChI=1S/C27H27N3O4/c1-6-34-23-10-7-9-22(15-23)29-26(31)21(16-28)14-20-13-17(2)30(19(20)4)25-12-8-11-24(18(25)3)27(32)33-5/h7-15H,6H2,1-5H3,(H,29,31)/b21-14-. The molecular weight excluding hydrogens is 430 g/mol. The lowest BCUT2D eigenvalue weighted by Crippen LogP contribution is -2.13. The van der Waals surface area contributed by atoms with Crippen molar-refractivity contribution >= 4 is 23.6 Å². The lowest BCUT2D eigenvalue weighted by molar-refractivity contribution is -0.112. The molecular formula is C27H27N3O4. The van der Waals surface area contributed by atoms with Crippen LogP contribution in [0, 0.1) is 32.1 Å².